The Morgan fingerprint density at radius 1 is 1.26 bits per heavy atom. The van der Waals surface area contributed by atoms with Crippen LogP contribution in [0.1, 0.15) is 25.0 Å². The van der Waals surface area contributed by atoms with Crippen LogP contribution in [-0.2, 0) is 16.4 Å². The van der Waals surface area contributed by atoms with Gasteiger partial charge in [0.1, 0.15) is 11.9 Å². The predicted octanol–water partition coefficient (Wildman–Crippen LogP) is 2.53. The van der Waals surface area contributed by atoms with E-state index in [0.29, 0.717) is 6.07 Å². The molecule has 1 unspecified atom stereocenters. The first-order valence-electron chi connectivity index (χ1n) is 5.33. The standard InChI is InChI=1S/C12H13F4NO2/c1-11(2,9(17)10(18)19)7-4-3-6(13)5-8(7)12(14,15)16/h3-5,9H,17H2,1-2H3,(H,18,19). The summed E-state index contributed by atoms with van der Waals surface area (Å²) in [7, 11) is 0. The molecule has 0 saturated heterocycles. The molecule has 0 saturated carbocycles. The molecule has 1 aromatic rings. The van der Waals surface area contributed by atoms with Crippen molar-refractivity contribution in [3.63, 3.8) is 0 Å². The van der Waals surface area contributed by atoms with Crippen molar-refractivity contribution in [1.29, 1.82) is 0 Å². The zero-order valence-electron chi connectivity index (χ0n) is 10.3. The number of carbonyl (C=O) groups is 1. The molecular formula is C12H13F4NO2. The van der Waals surface area contributed by atoms with Gasteiger partial charge < -0.3 is 10.8 Å². The van der Waals surface area contributed by atoms with Crippen LogP contribution in [-0.4, -0.2) is 17.1 Å². The molecule has 3 nitrogen and oxygen atoms in total. The molecule has 0 aromatic heterocycles. The number of hydrogen-bond acceptors (Lipinski definition) is 2. The fourth-order valence-electron chi connectivity index (χ4n) is 1.79. The normalized spacial score (nSPS) is 14.3. The van der Waals surface area contributed by atoms with Crippen molar-refractivity contribution in [1.82, 2.24) is 0 Å². The number of carboxylic acids is 1. The van der Waals surface area contributed by atoms with E-state index in [9.17, 15) is 22.4 Å². The fourth-order valence-corrected chi connectivity index (χ4v) is 1.79. The highest BCUT2D eigenvalue weighted by Gasteiger charge is 2.42. The first-order chi connectivity index (χ1) is 8.48. The average Bonchev–Trinajstić information content (AvgIpc) is 2.26. The van der Waals surface area contributed by atoms with Gasteiger partial charge in [0.15, 0.2) is 0 Å². The molecule has 0 fully saturated rings. The zero-order chi connectivity index (χ0) is 15.0. The molecule has 1 rings (SSSR count). The summed E-state index contributed by atoms with van der Waals surface area (Å²) < 4.78 is 51.6. The van der Waals surface area contributed by atoms with Gasteiger partial charge in [0.05, 0.1) is 5.56 Å². The number of halogens is 4. The lowest BCUT2D eigenvalue weighted by Gasteiger charge is -2.31. The second-order valence-corrected chi connectivity index (χ2v) is 4.73. The van der Waals surface area contributed by atoms with E-state index in [1.807, 2.05) is 0 Å². The van der Waals surface area contributed by atoms with Crippen LogP contribution in [0.25, 0.3) is 0 Å². The SMILES string of the molecule is CC(C)(c1ccc(F)cc1C(F)(F)F)C(N)C(=O)O. The molecule has 0 amide bonds. The molecule has 0 aliphatic heterocycles. The molecule has 106 valence electrons. The summed E-state index contributed by atoms with van der Waals surface area (Å²) in [5, 5.41) is 8.85. The van der Waals surface area contributed by atoms with E-state index < -0.39 is 35.0 Å². The summed E-state index contributed by atoms with van der Waals surface area (Å²) in [6.07, 6.45) is -4.78. The Kier molecular flexibility index (Phi) is 3.90. The van der Waals surface area contributed by atoms with Crippen LogP contribution in [0, 0.1) is 5.82 Å². The van der Waals surface area contributed by atoms with Crippen LogP contribution < -0.4 is 5.73 Å². The Bertz CT molecular complexity index is 497. The second kappa shape index (κ2) is 4.80. The number of nitrogens with two attached hydrogens (primary N) is 1. The summed E-state index contributed by atoms with van der Waals surface area (Å²) in [6, 6.07) is 0.562. The molecular weight excluding hydrogens is 266 g/mol. The largest absolute Gasteiger partial charge is 0.480 e. The third kappa shape index (κ3) is 3.04. The lowest BCUT2D eigenvalue weighted by molar-refractivity contribution is -0.143. The number of carboxylic acid groups (broad SMARTS) is 1. The highest BCUT2D eigenvalue weighted by atomic mass is 19.4. The minimum atomic E-state index is -4.78. The van der Waals surface area contributed by atoms with E-state index in [1.165, 1.54) is 13.8 Å². The Morgan fingerprint density at radius 3 is 2.21 bits per heavy atom. The highest BCUT2D eigenvalue weighted by Crippen LogP contribution is 2.39. The van der Waals surface area contributed by atoms with Gasteiger partial charge in [0.2, 0.25) is 0 Å². The minimum absolute atomic E-state index is 0.339. The maximum Gasteiger partial charge on any atom is 0.416 e. The van der Waals surface area contributed by atoms with Crippen molar-refractivity contribution in [3.8, 4) is 0 Å². The summed E-state index contributed by atoms with van der Waals surface area (Å²) >= 11 is 0. The minimum Gasteiger partial charge on any atom is -0.480 e. The van der Waals surface area contributed by atoms with E-state index in [-0.39, 0.29) is 5.56 Å². The Labute approximate surface area is 107 Å². The van der Waals surface area contributed by atoms with Crippen LogP contribution in [0.3, 0.4) is 0 Å². The van der Waals surface area contributed by atoms with E-state index in [2.05, 4.69) is 0 Å². The number of alkyl halides is 3. The van der Waals surface area contributed by atoms with Crippen molar-refractivity contribution in [2.45, 2.75) is 31.5 Å². The van der Waals surface area contributed by atoms with Crippen molar-refractivity contribution < 1.29 is 27.5 Å². The quantitative estimate of drug-likeness (QED) is 0.836. The first kappa shape index (κ1) is 15.4. The summed E-state index contributed by atoms with van der Waals surface area (Å²) in [5.41, 5.74) is 2.36. The topological polar surface area (TPSA) is 63.3 Å². The van der Waals surface area contributed by atoms with E-state index in [0.717, 1.165) is 12.1 Å². The van der Waals surface area contributed by atoms with Crippen molar-refractivity contribution in [3.05, 3.63) is 35.1 Å². The maximum atomic E-state index is 13.0. The highest BCUT2D eigenvalue weighted by molar-refractivity contribution is 5.75. The van der Waals surface area contributed by atoms with Crippen molar-refractivity contribution >= 4 is 5.97 Å². The summed E-state index contributed by atoms with van der Waals surface area (Å²) in [5.74, 6) is -2.47. The molecule has 0 aliphatic carbocycles. The Hall–Kier alpha value is -1.63. The van der Waals surface area contributed by atoms with Gasteiger partial charge in [0.25, 0.3) is 0 Å². The van der Waals surface area contributed by atoms with Crippen molar-refractivity contribution in [2.75, 3.05) is 0 Å². The van der Waals surface area contributed by atoms with Crippen molar-refractivity contribution in [2.24, 2.45) is 5.73 Å². The lowest BCUT2D eigenvalue weighted by Crippen LogP contribution is -2.47. The molecule has 7 heteroatoms. The number of rotatable bonds is 3. The molecule has 1 aromatic carbocycles. The molecule has 0 heterocycles. The van der Waals surface area contributed by atoms with Gasteiger partial charge in [-0.3, -0.25) is 4.79 Å². The van der Waals surface area contributed by atoms with Gasteiger partial charge in [-0.1, -0.05) is 19.9 Å². The molecule has 0 aliphatic rings. The molecule has 0 spiro atoms. The third-order valence-electron chi connectivity index (χ3n) is 3.02. The summed E-state index contributed by atoms with van der Waals surface area (Å²) in [4.78, 5) is 10.9. The average molecular weight is 279 g/mol. The molecule has 1 atom stereocenters. The van der Waals surface area contributed by atoms with Gasteiger partial charge in [-0.15, -0.1) is 0 Å². The van der Waals surface area contributed by atoms with Gasteiger partial charge in [-0.25, -0.2) is 4.39 Å². The number of aliphatic carboxylic acids is 1. The number of hydrogen-bond donors (Lipinski definition) is 2. The monoisotopic (exact) mass is 279 g/mol. The van der Waals surface area contributed by atoms with E-state index >= 15 is 0 Å². The van der Waals surface area contributed by atoms with Crippen LogP contribution in [0.2, 0.25) is 0 Å². The number of benzene rings is 1. The van der Waals surface area contributed by atoms with Gasteiger partial charge in [-0.2, -0.15) is 13.2 Å². The molecule has 0 bridgehead atoms. The third-order valence-corrected chi connectivity index (χ3v) is 3.02. The van der Waals surface area contributed by atoms with Gasteiger partial charge in [0, 0.05) is 5.41 Å². The maximum absolute atomic E-state index is 13.0. The molecule has 0 radical (unpaired) electrons. The van der Waals surface area contributed by atoms with Crippen LogP contribution in [0.5, 0.6) is 0 Å². The molecule has 19 heavy (non-hydrogen) atoms. The van der Waals surface area contributed by atoms with E-state index in [4.69, 9.17) is 10.8 Å². The van der Waals surface area contributed by atoms with Gasteiger partial charge >= 0.3 is 12.1 Å². The summed E-state index contributed by atoms with van der Waals surface area (Å²) in [6.45, 7) is 2.54. The van der Waals surface area contributed by atoms with Gasteiger partial charge in [-0.05, 0) is 17.7 Å². The lowest BCUT2D eigenvalue weighted by atomic mass is 9.76. The van der Waals surface area contributed by atoms with Crippen LogP contribution in [0.15, 0.2) is 18.2 Å². The Balaban J connectivity index is 3.46. The predicted molar refractivity (Wildman–Crippen MR) is 60.0 cm³/mol. The fraction of sp³-hybridized carbons (Fsp3) is 0.417. The van der Waals surface area contributed by atoms with Crippen LogP contribution in [0.4, 0.5) is 17.6 Å². The first-order valence-corrected chi connectivity index (χ1v) is 5.33. The second-order valence-electron chi connectivity index (χ2n) is 4.73. The zero-order valence-corrected chi connectivity index (χ0v) is 10.3. The Morgan fingerprint density at radius 2 is 1.79 bits per heavy atom. The smallest absolute Gasteiger partial charge is 0.416 e. The van der Waals surface area contributed by atoms with E-state index in [1.54, 1.807) is 0 Å². The molecule has 3 N–H and O–H groups in total. The van der Waals surface area contributed by atoms with Crippen LogP contribution >= 0.6 is 0 Å².